The molecule has 2 unspecified atom stereocenters. The van der Waals surface area contributed by atoms with Gasteiger partial charge in [0.05, 0.1) is 6.10 Å². The number of aliphatic hydroxyl groups excluding tert-OH is 1. The van der Waals surface area contributed by atoms with Crippen molar-refractivity contribution in [3.63, 3.8) is 0 Å². The molecular weight excluding hydrogens is 182 g/mol. The predicted octanol–water partition coefficient (Wildman–Crippen LogP) is 1.54. The van der Waals surface area contributed by atoms with Gasteiger partial charge in [-0.25, -0.2) is 0 Å². The van der Waals surface area contributed by atoms with Crippen LogP contribution in [0.3, 0.4) is 0 Å². The predicted molar refractivity (Wildman–Crippen MR) is 54.7 cm³/mol. The number of aliphatic hydroxyl groups is 1. The molecule has 1 aromatic rings. The van der Waals surface area contributed by atoms with Crippen LogP contribution in [0, 0.1) is 0 Å². The summed E-state index contributed by atoms with van der Waals surface area (Å²) in [4.78, 5) is 1.17. The molecule has 1 heterocycles. The molecule has 1 aliphatic heterocycles. The Balaban J connectivity index is 2.40. The minimum atomic E-state index is -0.494. The zero-order chi connectivity index (χ0) is 9.26. The molecule has 0 spiro atoms. The van der Waals surface area contributed by atoms with Crippen LogP contribution in [0.1, 0.15) is 18.1 Å². The van der Waals surface area contributed by atoms with E-state index in [2.05, 4.69) is 0 Å². The van der Waals surface area contributed by atoms with Gasteiger partial charge in [0.1, 0.15) is 0 Å². The van der Waals surface area contributed by atoms with Crippen molar-refractivity contribution in [3.05, 3.63) is 29.8 Å². The molecule has 0 bridgehead atoms. The highest BCUT2D eigenvalue weighted by Gasteiger charge is 2.22. The van der Waals surface area contributed by atoms with E-state index in [1.165, 1.54) is 4.90 Å². The molecule has 70 valence electrons. The maximum Gasteiger partial charge on any atom is 0.0951 e. The van der Waals surface area contributed by atoms with Crippen LogP contribution in [0.4, 0.5) is 0 Å². The van der Waals surface area contributed by atoms with Gasteiger partial charge < -0.3 is 10.8 Å². The molecule has 0 radical (unpaired) electrons. The molecule has 13 heavy (non-hydrogen) atoms. The summed E-state index contributed by atoms with van der Waals surface area (Å²) in [5.74, 6) is 0.995. The number of thioether (sulfide) groups is 1. The van der Waals surface area contributed by atoms with Gasteiger partial charge in [-0.15, -0.1) is 11.8 Å². The van der Waals surface area contributed by atoms with E-state index in [4.69, 9.17) is 5.73 Å². The third-order valence-electron chi connectivity index (χ3n) is 2.35. The van der Waals surface area contributed by atoms with Crippen molar-refractivity contribution in [1.29, 1.82) is 0 Å². The summed E-state index contributed by atoms with van der Waals surface area (Å²) < 4.78 is 0. The molecule has 3 heteroatoms. The Bertz CT molecular complexity index is 303. The lowest BCUT2D eigenvalue weighted by atomic mass is 10.0. The largest absolute Gasteiger partial charge is 0.387 e. The molecule has 0 saturated heterocycles. The average molecular weight is 195 g/mol. The number of benzene rings is 1. The van der Waals surface area contributed by atoms with Gasteiger partial charge in [-0.2, -0.15) is 0 Å². The summed E-state index contributed by atoms with van der Waals surface area (Å²) in [7, 11) is 0. The van der Waals surface area contributed by atoms with Gasteiger partial charge in [-0.05, 0) is 23.8 Å². The van der Waals surface area contributed by atoms with Gasteiger partial charge >= 0.3 is 0 Å². The van der Waals surface area contributed by atoms with Gasteiger partial charge in [0.2, 0.25) is 0 Å². The lowest BCUT2D eigenvalue weighted by Crippen LogP contribution is -2.27. The molecule has 0 fully saturated rings. The summed E-state index contributed by atoms with van der Waals surface area (Å²) in [6, 6.07) is 7.83. The number of rotatable bonds is 0. The fourth-order valence-electron chi connectivity index (χ4n) is 1.55. The second-order valence-electron chi connectivity index (χ2n) is 3.28. The van der Waals surface area contributed by atoms with E-state index < -0.39 is 6.10 Å². The maximum absolute atomic E-state index is 9.87. The monoisotopic (exact) mass is 195 g/mol. The zero-order valence-electron chi connectivity index (χ0n) is 7.31. The Kier molecular flexibility index (Phi) is 2.58. The molecule has 3 N–H and O–H groups in total. The maximum atomic E-state index is 9.87. The molecule has 0 saturated carbocycles. The van der Waals surface area contributed by atoms with E-state index in [0.29, 0.717) is 0 Å². The van der Waals surface area contributed by atoms with E-state index in [0.717, 1.165) is 17.7 Å². The van der Waals surface area contributed by atoms with Crippen LogP contribution in [0.2, 0.25) is 0 Å². The van der Waals surface area contributed by atoms with Crippen molar-refractivity contribution in [2.24, 2.45) is 5.73 Å². The van der Waals surface area contributed by atoms with Crippen molar-refractivity contribution < 1.29 is 5.11 Å². The van der Waals surface area contributed by atoms with Crippen LogP contribution < -0.4 is 5.73 Å². The molecule has 2 nitrogen and oxygen atoms in total. The van der Waals surface area contributed by atoms with E-state index in [-0.39, 0.29) is 6.04 Å². The van der Waals surface area contributed by atoms with E-state index in [9.17, 15) is 5.11 Å². The van der Waals surface area contributed by atoms with Crippen molar-refractivity contribution in [2.75, 3.05) is 5.75 Å². The van der Waals surface area contributed by atoms with Crippen molar-refractivity contribution >= 4 is 11.8 Å². The number of fused-ring (bicyclic) bond motifs is 1. The molecule has 0 aliphatic carbocycles. The Hall–Kier alpha value is -0.510. The van der Waals surface area contributed by atoms with Crippen molar-refractivity contribution in [1.82, 2.24) is 0 Å². The zero-order valence-corrected chi connectivity index (χ0v) is 8.13. The Morgan fingerprint density at radius 3 is 3.00 bits per heavy atom. The molecule has 0 aromatic heterocycles. The Labute approximate surface area is 82.1 Å². The molecular formula is C10H13NOS. The minimum absolute atomic E-state index is 0.115. The topological polar surface area (TPSA) is 46.2 Å². The first-order valence-electron chi connectivity index (χ1n) is 4.44. The Morgan fingerprint density at radius 2 is 2.15 bits per heavy atom. The highest BCUT2D eigenvalue weighted by molar-refractivity contribution is 7.99. The summed E-state index contributed by atoms with van der Waals surface area (Å²) in [6.07, 6.45) is 0.381. The van der Waals surface area contributed by atoms with Crippen molar-refractivity contribution in [2.45, 2.75) is 23.5 Å². The average Bonchev–Trinajstić information content (AvgIpc) is 2.29. The molecule has 1 aromatic carbocycles. The molecule has 2 atom stereocenters. The van der Waals surface area contributed by atoms with Crippen LogP contribution in [-0.4, -0.2) is 16.9 Å². The van der Waals surface area contributed by atoms with E-state index in [1.807, 2.05) is 24.3 Å². The van der Waals surface area contributed by atoms with Crippen LogP contribution in [0.15, 0.2) is 29.2 Å². The SMILES string of the molecule is NC1CCSc2ccccc2C1O. The summed E-state index contributed by atoms with van der Waals surface area (Å²) in [6.45, 7) is 0. The third-order valence-corrected chi connectivity index (χ3v) is 3.47. The van der Waals surface area contributed by atoms with Crippen LogP contribution in [0.5, 0.6) is 0 Å². The fourth-order valence-corrected chi connectivity index (χ4v) is 2.69. The summed E-state index contributed by atoms with van der Waals surface area (Å²) in [5.41, 5.74) is 6.81. The van der Waals surface area contributed by atoms with Crippen LogP contribution >= 0.6 is 11.8 Å². The second-order valence-corrected chi connectivity index (χ2v) is 4.42. The smallest absolute Gasteiger partial charge is 0.0951 e. The number of nitrogens with two attached hydrogens (primary N) is 1. The van der Waals surface area contributed by atoms with Gasteiger partial charge in [0.25, 0.3) is 0 Å². The van der Waals surface area contributed by atoms with Crippen LogP contribution in [-0.2, 0) is 0 Å². The summed E-state index contributed by atoms with van der Waals surface area (Å²) in [5, 5.41) is 9.87. The quantitative estimate of drug-likeness (QED) is 0.660. The van der Waals surface area contributed by atoms with Crippen LogP contribution in [0.25, 0.3) is 0 Å². The Morgan fingerprint density at radius 1 is 1.38 bits per heavy atom. The summed E-state index contributed by atoms with van der Waals surface area (Å²) >= 11 is 1.78. The first-order chi connectivity index (χ1) is 6.29. The second kappa shape index (κ2) is 3.70. The molecule has 2 rings (SSSR count). The van der Waals surface area contributed by atoms with Gasteiger partial charge in [0, 0.05) is 10.9 Å². The first-order valence-corrected chi connectivity index (χ1v) is 5.43. The van der Waals surface area contributed by atoms with Gasteiger partial charge in [0.15, 0.2) is 0 Å². The standard InChI is InChI=1S/C10H13NOS/c11-8-5-6-13-9-4-2-1-3-7(9)10(8)12/h1-4,8,10,12H,5-6,11H2. The highest BCUT2D eigenvalue weighted by Crippen LogP contribution is 2.33. The van der Waals surface area contributed by atoms with E-state index >= 15 is 0 Å². The number of hydrogen-bond donors (Lipinski definition) is 2. The minimum Gasteiger partial charge on any atom is -0.387 e. The van der Waals surface area contributed by atoms with E-state index in [1.54, 1.807) is 11.8 Å². The van der Waals surface area contributed by atoms with Gasteiger partial charge in [-0.3, -0.25) is 0 Å². The number of hydrogen-bond acceptors (Lipinski definition) is 3. The fraction of sp³-hybridized carbons (Fsp3) is 0.400. The normalized spacial score (nSPS) is 27.8. The highest BCUT2D eigenvalue weighted by atomic mass is 32.2. The lowest BCUT2D eigenvalue weighted by Gasteiger charge is -2.16. The lowest BCUT2D eigenvalue weighted by molar-refractivity contribution is 0.143. The van der Waals surface area contributed by atoms with Crippen molar-refractivity contribution in [3.8, 4) is 0 Å². The first kappa shape index (κ1) is 9.06. The molecule has 0 amide bonds. The third kappa shape index (κ3) is 1.73. The molecule has 1 aliphatic rings. The van der Waals surface area contributed by atoms with Gasteiger partial charge in [-0.1, -0.05) is 18.2 Å².